The van der Waals surface area contributed by atoms with E-state index in [2.05, 4.69) is 14.5 Å². The molecule has 2 fully saturated rings. The second kappa shape index (κ2) is 9.77. The van der Waals surface area contributed by atoms with Crippen molar-refractivity contribution in [3.05, 3.63) is 27.2 Å². The number of H-pyrrole nitrogens is 1. The Bertz CT molecular complexity index is 894. The van der Waals surface area contributed by atoms with Crippen molar-refractivity contribution in [3.63, 3.8) is 0 Å². The number of aryl methyl sites for hydroxylation is 2. The summed E-state index contributed by atoms with van der Waals surface area (Å²) in [4.78, 5) is 31.8. The lowest BCUT2D eigenvalue weighted by Crippen LogP contribution is -2.32. The zero-order valence-corrected chi connectivity index (χ0v) is 17.7. The van der Waals surface area contributed by atoms with Crippen LogP contribution in [0.15, 0.2) is 15.9 Å². The van der Waals surface area contributed by atoms with Gasteiger partial charge in [-0.3, -0.25) is 14.3 Å². The highest BCUT2D eigenvalue weighted by molar-refractivity contribution is 5.69. The lowest BCUT2D eigenvalue weighted by molar-refractivity contribution is 0.389. The Morgan fingerprint density at radius 2 is 1.38 bits per heavy atom. The maximum Gasteiger partial charge on any atom is 0.330 e. The number of imidazole rings is 1. The van der Waals surface area contributed by atoms with E-state index in [4.69, 9.17) is 0 Å². The van der Waals surface area contributed by atoms with E-state index in [1.807, 2.05) is 0 Å². The Labute approximate surface area is 172 Å². The first-order chi connectivity index (χ1) is 14.2. The van der Waals surface area contributed by atoms with E-state index in [9.17, 15) is 9.59 Å². The zero-order chi connectivity index (χ0) is 20.1. The Kier molecular flexibility index (Phi) is 6.88. The zero-order valence-electron chi connectivity index (χ0n) is 17.7. The number of aromatic nitrogens is 4. The van der Waals surface area contributed by atoms with Gasteiger partial charge in [0.15, 0.2) is 5.52 Å². The van der Waals surface area contributed by atoms with Crippen molar-refractivity contribution in [1.29, 1.82) is 0 Å². The molecule has 1 N–H and O–H groups in total. The molecule has 29 heavy (non-hydrogen) atoms. The van der Waals surface area contributed by atoms with E-state index in [0.29, 0.717) is 18.0 Å². The number of aromatic amines is 1. The van der Waals surface area contributed by atoms with Crippen LogP contribution in [0.25, 0.3) is 11.2 Å². The lowest BCUT2D eigenvalue weighted by atomic mass is 9.96. The molecule has 0 spiro atoms. The average Bonchev–Trinajstić information content (AvgIpc) is 2.90. The molecule has 0 atom stereocenters. The molecule has 4 rings (SSSR count). The molecule has 0 amide bonds. The molecule has 0 radical (unpaired) electrons. The fraction of sp³-hybridized carbons (Fsp3) is 0.783. The molecular weight excluding hydrogens is 364 g/mol. The van der Waals surface area contributed by atoms with Crippen LogP contribution in [-0.2, 0) is 13.1 Å². The van der Waals surface area contributed by atoms with E-state index >= 15 is 0 Å². The van der Waals surface area contributed by atoms with Crippen LogP contribution in [-0.4, -0.2) is 19.1 Å². The molecule has 0 unspecified atom stereocenters. The third-order valence-electron chi connectivity index (χ3n) is 7.24. The molecule has 0 bridgehead atoms. The highest BCUT2D eigenvalue weighted by Crippen LogP contribution is 2.27. The molecule has 0 aliphatic heterocycles. The molecule has 2 saturated carbocycles. The highest BCUT2D eigenvalue weighted by atomic mass is 16.2. The monoisotopic (exact) mass is 400 g/mol. The summed E-state index contributed by atoms with van der Waals surface area (Å²) in [5.41, 5.74) is 0.489. The van der Waals surface area contributed by atoms with Crippen LogP contribution in [0.3, 0.4) is 0 Å². The number of hydrogen-bond acceptors (Lipinski definition) is 3. The Balaban J connectivity index is 1.53. The summed E-state index contributed by atoms with van der Waals surface area (Å²) in [5.74, 6) is 1.44. The summed E-state index contributed by atoms with van der Waals surface area (Å²) in [6.45, 7) is 1.51. The Morgan fingerprint density at radius 1 is 0.828 bits per heavy atom. The van der Waals surface area contributed by atoms with E-state index in [1.54, 1.807) is 10.9 Å². The molecule has 2 heterocycles. The minimum Gasteiger partial charge on any atom is -0.316 e. The second-order valence-electron chi connectivity index (χ2n) is 9.31. The summed E-state index contributed by atoms with van der Waals surface area (Å²) in [6, 6.07) is 0. The molecular formula is C23H36N4O2. The van der Waals surface area contributed by atoms with E-state index in [-0.39, 0.29) is 11.2 Å². The van der Waals surface area contributed by atoms with E-state index in [1.165, 1.54) is 77.0 Å². The summed E-state index contributed by atoms with van der Waals surface area (Å²) in [7, 11) is 0. The third-order valence-corrected chi connectivity index (χ3v) is 7.24. The van der Waals surface area contributed by atoms with Crippen molar-refractivity contribution < 1.29 is 0 Å². The van der Waals surface area contributed by atoms with Gasteiger partial charge in [0.2, 0.25) is 0 Å². The van der Waals surface area contributed by atoms with E-state index < -0.39 is 0 Å². The quantitative estimate of drug-likeness (QED) is 0.720. The summed E-state index contributed by atoms with van der Waals surface area (Å²) in [5, 5.41) is 0. The number of nitrogens with one attached hydrogen (secondary N) is 1. The average molecular weight is 401 g/mol. The maximum atomic E-state index is 12.7. The van der Waals surface area contributed by atoms with Gasteiger partial charge in [0.25, 0.3) is 5.56 Å². The number of nitrogens with zero attached hydrogens (tertiary/aromatic N) is 3. The van der Waals surface area contributed by atoms with Crippen LogP contribution in [0.5, 0.6) is 0 Å². The highest BCUT2D eigenvalue weighted by Gasteiger charge is 2.18. The molecule has 0 aromatic carbocycles. The van der Waals surface area contributed by atoms with Crippen molar-refractivity contribution in [3.8, 4) is 0 Å². The van der Waals surface area contributed by atoms with Crippen LogP contribution in [0.4, 0.5) is 0 Å². The van der Waals surface area contributed by atoms with Gasteiger partial charge in [0.05, 0.1) is 6.33 Å². The van der Waals surface area contributed by atoms with Crippen molar-refractivity contribution in [1.82, 2.24) is 19.1 Å². The van der Waals surface area contributed by atoms with Gasteiger partial charge < -0.3 is 4.57 Å². The molecule has 2 aromatic heterocycles. The third kappa shape index (κ3) is 5.01. The Hall–Kier alpha value is -1.85. The van der Waals surface area contributed by atoms with Crippen LogP contribution in [0.2, 0.25) is 0 Å². The fourth-order valence-electron chi connectivity index (χ4n) is 5.45. The second-order valence-corrected chi connectivity index (χ2v) is 9.31. The molecule has 6 heteroatoms. The van der Waals surface area contributed by atoms with Crippen LogP contribution < -0.4 is 11.2 Å². The minimum absolute atomic E-state index is 0.285. The van der Waals surface area contributed by atoms with Crippen LogP contribution in [0, 0.1) is 11.8 Å². The van der Waals surface area contributed by atoms with Crippen molar-refractivity contribution in [2.75, 3.05) is 0 Å². The predicted octanol–water partition coefficient (Wildman–Crippen LogP) is 4.61. The van der Waals surface area contributed by atoms with Crippen LogP contribution in [0.1, 0.15) is 89.9 Å². The molecule has 2 aliphatic rings. The van der Waals surface area contributed by atoms with Gasteiger partial charge in [-0.1, -0.05) is 77.0 Å². The molecule has 6 nitrogen and oxygen atoms in total. The van der Waals surface area contributed by atoms with Gasteiger partial charge in [-0.2, -0.15) is 0 Å². The summed E-state index contributed by atoms with van der Waals surface area (Å²) in [6.07, 6.45) is 19.7. The topological polar surface area (TPSA) is 72.7 Å². The first kappa shape index (κ1) is 20.4. The van der Waals surface area contributed by atoms with Gasteiger partial charge in [-0.15, -0.1) is 0 Å². The molecule has 0 saturated heterocycles. The van der Waals surface area contributed by atoms with Gasteiger partial charge >= 0.3 is 5.69 Å². The predicted molar refractivity (Wildman–Crippen MR) is 116 cm³/mol. The van der Waals surface area contributed by atoms with Crippen LogP contribution >= 0.6 is 0 Å². The van der Waals surface area contributed by atoms with Crippen molar-refractivity contribution >= 4 is 11.2 Å². The lowest BCUT2D eigenvalue weighted by Gasteiger charge is -2.17. The van der Waals surface area contributed by atoms with Gasteiger partial charge in [0, 0.05) is 13.1 Å². The van der Waals surface area contributed by atoms with Crippen molar-refractivity contribution in [2.45, 2.75) is 103 Å². The summed E-state index contributed by atoms with van der Waals surface area (Å²) < 4.78 is 3.84. The normalized spacial score (nSPS) is 20.0. The summed E-state index contributed by atoms with van der Waals surface area (Å²) >= 11 is 0. The first-order valence-corrected chi connectivity index (χ1v) is 11.9. The SMILES string of the molecule is O=c1[nH]c(=O)n(CCC2CCCCCC2)c2c1ncn2CCC1CCCCCC1. The first-order valence-electron chi connectivity index (χ1n) is 11.9. The standard InChI is InChI=1S/C23H36N4O2/c28-21-20-22(26(17-24-20)15-13-18-9-5-1-2-6-10-18)27(23(29)25-21)16-14-19-11-7-3-4-8-12-19/h17-19H,1-16H2,(H,25,28,29). The molecule has 160 valence electrons. The smallest absolute Gasteiger partial charge is 0.316 e. The maximum absolute atomic E-state index is 12.7. The number of rotatable bonds is 6. The molecule has 2 aromatic rings. The Morgan fingerprint density at radius 3 is 1.97 bits per heavy atom. The minimum atomic E-state index is -0.357. The van der Waals surface area contributed by atoms with Crippen molar-refractivity contribution in [2.24, 2.45) is 11.8 Å². The largest absolute Gasteiger partial charge is 0.330 e. The van der Waals surface area contributed by atoms with Gasteiger partial charge in [-0.05, 0) is 24.7 Å². The molecule has 2 aliphatic carbocycles. The van der Waals surface area contributed by atoms with Gasteiger partial charge in [-0.25, -0.2) is 9.78 Å². The number of hydrogen-bond donors (Lipinski definition) is 1. The number of fused-ring (bicyclic) bond motifs is 1. The van der Waals surface area contributed by atoms with E-state index in [0.717, 1.165) is 31.0 Å². The fourth-order valence-corrected chi connectivity index (χ4v) is 5.45. The van der Waals surface area contributed by atoms with Gasteiger partial charge in [0.1, 0.15) is 5.65 Å².